The predicted octanol–water partition coefficient (Wildman–Crippen LogP) is 1.22. The molecule has 0 spiro atoms. The van der Waals surface area contributed by atoms with Crippen molar-refractivity contribution >= 4 is 0 Å². The van der Waals surface area contributed by atoms with Crippen molar-refractivity contribution in [1.29, 1.82) is 0 Å². The Morgan fingerprint density at radius 2 is 1.57 bits per heavy atom. The lowest BCUT2D eigenvalue weighted by Gasteiger charge is -2.21. The molecule has 0 aromatic heterocycles. The van der Waals surface area contributed by atoms with E-state index in [-0.39, 0.29) is 12.2 Å². The number of methoxy groups -OCH3 is 1. The first-order valence-corrected chi connectivity index (χ1v) is 7.82. The number of rotatable bonds is 16. The molecule has 0 bridgehead atoms. The van der Waals surface area contributed by atoms with Crippen LogP contribution in [0.5, 0.6) is 0 Å². The van der Waals surface area contributed by atoms with Crippen LogP contribution in [0.25, 0.3) is 0 Å². The van der Waals surface area contributed by atoms with Crippen LogP contribution in [-0.4, -0.2) is 72.1 Å². The molecule has 0 fully saturated rings. The lowest BCUT2D eigenvalue weighted by molar-refractivity contribution is -0.0434. The van der Waals surface area contributed by atoms with Crippen molar-refractivity contribution in [1.82, 2.24) is 0 Å². The fourth-order valence-corrected chi connectivity index (χ4v) is 1.86. The average molecular weight is 307 g/mol. The van der Waals surface area contributed by atoms with Gasteiger partial charge in [0.15, 0.2) is 0 Å². The molecule has 21 heavy (non-hydrogen) atoms. The molecule has 128 valence electrons. The summed E-state index contributed by atoms with van der Waals surface area (Å²) in [4.78, 5) is 0. The molecule has 2 N–H and O–H groups in total. The summed E-state index contributed by atoms with van der Waals surface area (Å²) in [5.74, 6) is 0. The minimum atomic E-state index is 0.114. The molecule has 0 heterocycles. The molecular formula is C15H33NO5. The van der Waals surface area contributed by atoms with Gasteiger partial charge in [-0.1, -0.05) is 0 Å². The Balaban J connectivity index is 3.65. The van der Waals surface area contributed by atoms with E-state index in [9.17, 15) is 0 Å². The summed E-state index contributed by atoms with van der Waals surface area (Å²) in [6.07, 6.45) is 1.91. The van der Waals surface area contributed by atoms with Gasteiger partial charge in [-0.15, -0.1) is 0 Å². The van der Waals surface area contributed by atoms with Gasteiger partial charge in [-0.3, -0.25) is 0 Å². The summed E-state index contributed by atoms with van der Waals surface area (Å²) >= 11 is 0. The van der Waals surface area contributed by atoms with E-state index in [2.05, 4.69) is 0 Å². The highest BCUT2D eigenvalue weighted by molar-refractivity contribution is 4.64. The van der Waals surface area contributed by atoms with Gasteiger partial charge in [0.1, 0.15) is 0 Å². The van der Waals surface area contributed by atoms with Gasteiger partial charge in [-0.25, -0.2) is 0 Å². The lowest BCUT2D eigenvalue weighted by Crippen LogP contribution is -2.26. The van der Waals surface area contributed by atoms with Crippen LogP contribution in [-0.2, 0) is 23.7 Å². The molecule has 2 atom stereocenters. The summed E-state index contributed by atoms with van der Waals surface area (Å²) in [5, 5.41) is 0. The first kappa shape index (κ1) is 20.8. The maximum Gasteiger partial charge on any atom is 0.0704 e. The maximum absolute atomic E-state index is 5.81. The maximum atomic E-state index is 5.81. The Bertz CT molecular complexity index is 207. The SMILES string of the molecule is CCOCCOCCOC(CCN)CC(C)OCCOC. The van der Waals surface area contributed by atoms with Crippen molar-refractivity contribution in [3.63, 3.8) is 0 Å². The molecule has 0 aliphatic rings. The molecule has 0 aliphatic carbocycles. The normalized spacial score (nSPS) is 14.3. The second-order valence-electron chi connectivity index (χ2n) is 4.79. The molecule has 0 radical (unpaired) electrons. The van der Waals surface area contributed by atoms with E-state index < -0.39 is 0 Å². The van der Waals surface area contributed by atoms with E-state index in [4.69, 9.17) is 29.4 Å². The third-order valence-corrected chi connectivity index (χ3v) is 2.93. The fraction of sp³-hybridized carbons (Fsp3) is 1.00. The van der Waals surface area contributed by atoms with Gasteiger partial charge in [-0.05, 0) is 33.2 Å². The van der Waals surface area contributed by atoms with Crippen LogP contribution in [0.3, 0.4) is 0 Å². The van der Waals surface area contributed by atoms with Gasteiger partial charge in [0.2, 0.25) is 0 Å². The Morgan fingerprint density at radius 1 is 0.905 bits per heavy atom. The van der Waals surface area contributed by atoms with E-state index in [0.29, 0.717) is 46.2 Å². The molecule has 2 unspecified atom stereocenters. The highest BCUT2D eigenvalue weighted by Crippen LogP contribution is 2.09. The summed E-state index contributed by atoms with van der Waals surface area (Å²) in [6.45, 7) is 8.95. The van der Waals surface area contributed by atoms with Crippen LogP contribution < -0.4 is 5.73 Å². The van der Waals surface area contributed by atoms with Crippen LogP contribution in [0.15, 0.2) is 0 Å². The zero-order chi connectivity index (χ0) is 15.8. The zero-order valence-electron chi connectivity index (χ0n) is 13.8. The molecule has 0 aromatic carbocycles. The Hall–Kier alpha value is -0.240. The molecule has 0 aromatic rings. The van der Waals surface area contributed by atoms with Crippen LogP contribution in [0.4, 0.5) is 0 Å². The molecule has 0 saturated carbocycles. The smallest absolute Gasteiger partial charge is 0.0704 e. The average Bonchev–Trinajstić information content (AvgIpc) is 2.46. The molecular weight excluding hydrogens is 274 g/mol. The summed E-state index contributed by atoms with van der Waals surface area (Å²) in [6, 6.07) is 0. The van der Waals surface area contributed by atoms with Crippen molar-refractivity contribution in [3.05, 3.63) is 0 Å². The van der Waals surface area contributed by atoms with Crippen LogP contribution in [0, 0.1) is 0 Å². The molecule has 0 aliphatic heterocycles. The van der Waals surface area contributed by atoms with Crippen LogP contribution >= 0.6 is 0 Å². The predicted molar refractivity (Wildman–Crippen MR) is 82.6 cm³/mol. The standard InChI is InChI=1S/C15H33NO5/c1-4-18-8-9-19-10-12-21-15(5-6-16)13-14(2)20-11-7-17-3/h14-15H,4-13,16H2,1-3H3. The quantitative estimate of drug-likeness (QED) is 0.432. The fourth-order valence-electron chi connectivity index (χ4n) is 1.86. The minimum Gasteiger partial charge on any atom is -0.382 e. The van der Waals surface area contributed by atoms with Crippen molar-refractivity contribution in [2.45, 2.75) is 38.9 Å². The largest absolute Gasteiger partial charge is 0.382 e. The van der Waals surface area contributed by atoms with Crippen molar-refractivity contribution in [2.24, 2.45) is 5.73 Å². The Labute approximate surface area is 129 Å². The molecule has 0 saturated heterocycles. The second-order valence-corrected chi connectivity index (χ2v) is 4.79. The molecule has 0 amide bonds. The van der Waals surface area contributed by atoms with Crippen LogP contribution in [0.1, 0.15) is 26.7 Å². The summed E-state index contributed by atoms with van der Waals surface area (Å²) in [5.41, 5.74) is 5.62. The Morgan fingerprint density at radius 3 is 2.24 bits per heavy atom. The molecule has 0 rings (SSSR count). The van der Waals surface area contributed by atoms with Crippen molar-refractivity contribution < 1.29 is 23.7 Å². The summed E-state index contributed by atoms with van der Waals surface area (Å²) in [7, 11) is 1.67. The van der Waals surface area contributed by atoms with E-state index in [0.717, 1.165) is 19.4 Å². The van der Waals surface area contributed by atoms with Gasteiger partial charge < -0.3 is 29.4 Å². The lowest BCUT2D eigenvalue weighted by atomic mass is 10.1. The third-order valence-electron chi connectivity index (χ3n) is 2.93. The van der Waals surface area contributed by atoms with Crippen LogP contribution in [0.2, 0.25) is 0 Å². The van der Waals surface area contributed by atoms with E-state index >= 15 is 0 Å². The van der Waals surface area contributed by atoms with Crippen molar-refractivity contribution in [2.75, 3.05) is 59.9 Å². The number of hydrogen-bond acceptors (Lipinski definition) is 6. The number of nitrogens with two attached hydrogens (primary N) is 1. The highest BCUT2D eigenvalue weighted by Gasteiger charge is 2.13. The van der Waals surface area contributed by atoms with E-state index in [1.165, 1.54) is 0 Å². The third kappa shape index (κ3) is 14.5. The zero-order valence-corrected chi connectivity index (χ0v) is 13.8. The topological polar surface area (TPSA) is 72.2 Å². The first-order chi connectivity index (χ1) is 10.2. The summed E-state index contributed by atoms with van der Waals surface area (Å²) < 4.78 is 27.0. The minimum absolute atomic E-state index is 0.114. The van der Waals surface area contributed by atoms with Crippen molar-refractivity contribution in [3.8, 4) is 0 Å². The van der Waals surface area contributed by atoms with Gasteiger partial charge in [0, 0.05) is 13.7 Å². The van der Waals surface area contributed by atoms with Gasteiger partial charge in [0.05, 0.1) is 51.8 Å². The van der Waals surface area contributed by atoms with E-state index in [1.54, 1.807) is 7.11 Å². The van der Waals surface area contributed by atoms with Gasteiger partial charge >= 0.3 is 0 Å². The first-order valence-electron chi connectivity index (χ1n) is 7.82. The Kier molecular flexibility index (Phi) is 16.0. The second kappa shape index (κ2) is 16.1. The molecule has 6 heteroatoms. The monoisotopic (exact) mass is 307 g/mol. The molecule has 6 nitrogen and oxygen atoms in total. The van der Waals surface area contributed by atoms with Gasteiger partial charge in [-0.2, -0.15) is 0 Å². The van der Waals surface area contributed by atoms with Gasteiger partial charge in [0.25, 0.3) is 0 Å². The number of hydrogen-bond donors (Lipinski definition) is 1. The highest BCUT2D eigenvalue weighted by atomic mass is 16.5. The number of ether oxygens (including phenoxy) is 5. The van der Waals surface area contributed by atoms with E-state index in [1.807, 2.05) is 13.8 Å².